The normalized spacial score (nSPS) is 21.8. The zero-order valence-electron chi connectivity index (χ0n) is 15.3. The molecule has 0 radical (unpaired) electrons. The van der Waals surface area contributed by atoms with Gasteiger partial charge in [0.05, 0.1) is 6.61 Å². The highest BCUT2D eigenvalue weighted by molar-refractivity contribution is 5.28. The van der Waals surface area contributed by atoms with Crippen LogP contribution in [0.3, 0.4) is 0 Å². The summed E-state index contributed by atoms with van der Waals surface area (Å²) in [5.74, 6) is 2.70. The van der Waals surface area contributed by atoms with Crippen LogP contribution in [0.2, 0.25) is 0 Å². The second-order valence-electron chi connectivity index (χ2n) is 7.22. The Hall–Kier alpha value is -1.06. The fourth-order valence-electron chi connectivity index (χ4n) is 3.60. The SMILES string of the molecule is COCCOc1cccc(CN(C)C2CCC(C(C)C)CC2)c1. The molecule has 0 spiro atoms. The molecule has 1 aliphatic carbocycles. The van der Waals surface area contributed by atoms with Crippen LogP contribution < -0.4 is 4.74 Å². The minimum absolute atomic E-state index is 0.606. The summed E-state index contributed by atoms with van der Waals surface area (Å²) in [4.78, 5) is 2.52. The molecule has 0 unspecified atom stereocenters. The molecule has 0 heterocycles. The van der Waals surface area contributed by atoms with Crippen molar-refractivity contribution < 1.29 is 9.47 Å². The van der Waals surface area contributed by atoms with E-state index in [1.54, 1.807) is 7.11 Å². The van der Waals surface area contributed by atoms with E-state index >= 15 is 0 Å². The van der Waals surface area contributed by atoms with Crippen molar-refractivity contribution in [3.05, 3.63) is 29.8 Å². The second kappa shape index (κ2) is 9.29. The lowest BCUT2D eigenvalue weighted by Crippen LogP contribution is -2.35. The molecule has 1 fully saturated rings. The molecule has 1 saturated carbocycles. The van der Waals surface area contributed by atoms with Crippen molar-refractivity contribution in [2.45, 2.75) is 52.1 Å². The zero-order valence-corrected chi connectivity index (χ0v) is 15.3. The molecule has 1 aromatic carbocycles. The van der Waals surface area contributed by atoms with Crippen molar-refractivity contribution in [2.75, 3.05) is 27.4 Å². The first-order chi connectivity index (χ1) is 11.1. The standard InChI is InChI=1S/C20H33NO2/c1-16(2)18-8-10-19(11-9-18)21(3)15-17-6-5-7-20(14-17)23-13-12-22-4/h5-7,14,16,18-19H,8-13,15H2,1-4H3. The predicted octanol–water partition coefficient (Wildman–Crippen LogP) is 4.36. The minimum atomic E-state index is 0.606. The van der Waals surface area contributed by atoms with E-state index in [-0.39, 0.29) is 0 Å². The van der Waals surface area contributed by atoms with Crippen molar-refractivity contribution in [1.29, 1.82) is 0 Å². The highest BCUT2D eigenvalue weighted by atomic mass is 16.5. The summed E-state index contributed by atoms with van der Waals surface area (Å²) in [6.45, 7) is 6.96. The van der Waals surface area contributed by atoms with E-state index in [0.717, 1.165) is 30.2 Å². The van der Waals surface area contributed by atoms with Crippen LogP contribution in [-0.2, 0) is 11.3 Å². The highest BCUT2D eigenvalue weighted by Crippen LogP contribution is 2.32. The fraction of sp³-hybridized carbons (Fsp3) is 0.700. The molecular formula is C20H33NO2. The Kier molecular flexibility index (Phi) is 7.38. The van der Waals surface area contributed by atoms with Gasteiger partial charge >= 0.3 is 0 Å². The van der Waals surface area contributed by atoms with E-state index in [2.05, 4.69) is 44.0 Å². The van der Waals surface area contributed by atoms with Gasteiger partial charge < -0.3 is 9.47 Å². The van der Waals surface area contributed by atoms with Gasteiger partial charge in [0.1, 0.15) is 12.4 Å². The number of benzene rings is 1. The van der Waals surface area contributed by atoms with Crippen LogP contribution >= 0.6 is 0 Å². The quantitative estimate of drug-likeness (QED) is 0.665. The third-order valence-electron chi connectivity index (χ3n) is 5.19. The van der Waals surface area contributed by atoms with E-state index in [0.29, 0.717) is 13.2 Å². The summed E-state index contributed by atoms with van der Waals surface area (Å²) in [6, 6.07) is 9.18. The first-order valence-corrected chi connectivity index (χ1v) is 9.01. The molecule has 3 nitrogen and oxygen atoms in total. The van der Waals surface area contributed by atoms with E-state index in [1.165, 1.54) is 31.2 Å². The van der Waals surface area contributed by atoms with E-state index < -0.39 is 0 Å². The lowest BCUT2D eigenvalue weighted by atomic mass is 9.79. The number of nitrogens with zero attached hydrogens (tertiary/aromatic N) is 1. The lowest BCUT2D eigenvalue weighted by molar-refractivity contribution is 0.141. The largest absolute Gasteiger partial charge is 0.491 e. The van der Waals surface area contributed by atoms with Crippen molar-refractivity contribution in [2.24, 2.45) is 11.8 Å². The van der Waals surface area contributed by atoms with Crippen molar-refractivity contribution >= 4 is 0 Å². The molecule has 0 atom stereocenters. The Morgan fingerprint density at radius 2 is 1.87 bits per heavy atom. The molecule has 130 valence electrons. The highest BCUT2D eigenvalue weighted by Gasteiger charge is 2.25. The summed E-state index contributed by atoms with van der Waals surface area (Å²) in [6.07, 6.45) is 5.44. The van der Waals surface area contributed by atoms with Gasteiger partial charge in [0.15, 0.2) is 0 Å². The Labute approximate surface area is 142 Å². The van der Waals surface area contributed by atoms with Gasteiger partial charge in [-0.25, -0.2) is 0 Å². The first-order valence-electron chi connectivity index (χ1n) is 9.01. The van der Waals surface area contributed by atoms with Crippen molar-refractivity contribution in [3.8, 4) is 5.75 Å². The maximum Gasteiger partial charge on any atom is 0.119 e. The van der Waals surface area contributed by atoms with Gasteiger partial charge in [0, 0.05) is 19.7 Å². The third-order valence-corrected chi connectivity index (χ3v) is 5.19. The summed E-state index contributed by atoms with van der Waals surface area (Å²) in [7, 11) is 3.96. The number of ether oxygens (including phenoxy) is 2. The van der Waals surface area contributed by atoms with Gasteiger partial charge in [0.2, 0.25) is 0 Å². The van der Waals surface area contributed by atoms with Crippen LogP contribution in [0.1, 0.15) is 45.1 Å². The average Bonchev–Trinajstić information content (AvgIpc) is 2.55. The zero-order chi connectivity index (χ0) is 16.7. The monoisotopic (exact) mass is 319 g/mol. The van der Waals surface area contributed by atoms with Gasteiger partial charge in [-0.15, -0.1) is 0 Å². The number of rotatable bonds is 8. The molecule has 0 aliphatic heterocycles. The van der Waals surface area contributed by atoms with Gasteiger partial charge in [-0.05, 0) is 62.3 Å². The van der Waals surface area contributed by atoms with Crippen LogP contribution in [0, 0.1) is 11.8 Å². The number of hydrogen-bond donors (Lipinski definition) is 0. The molecular weight excluding hydrogens is 286 g/mol. The molecule has 23 heavy (non-hydrogen) atoms. The molecule has 0 aromatic heterocycles. The van der Waals surface area contributed by atoms with Crippen LogP contribution in [0.15, 0.2) is 24.3 Å². The predicted molar refractivity (Wildman–Crippen MR) is 95.9 cm³/mol. The van der Waals surface area contributed by atoms with Crippen molar-refractivity contribution in [1.82, 2.24) is 4.90 Å². The van der Waals surface area contributed by atoms with Gasteiger partial charge in [-0.3, -0.25) is 4.90 Å². The molecule has 0 saturated heterocycles. The van der Waals surface area contributed by atoms with E-state index in [9.17, 15) is 0 Å². The van der Waals surface area contributed by atoms with Gasteiger partial charge in [0.25, 0.3) is 0 Å². The fourth-order valence-corrected chi connectivity index (χ4v) is 3.60. The molecule has 0 bridgehead atoms. The molecule has 1 aliphatic rings. The van der Waals surface area contributed by atoms with Crippen LogP contribution in [0.5, 0.6) is 5.75 Å². The average molecular weight is 319 g/mol. The summed E-state index contributed by atoms with van der Waals surface area (Å²) in [5.41, 5.74) is 1.33. The summed E-state index contributed by atoms with van der Waals surface area (Å²) in [5, 5.41) is 0. The molecule has 0 amide bonds. The Bertz CT molecular complexity index is 453. The Morgan fingerprint density at radius 3 is 2.52 bits per heavy atom. The maximum absolute atomic E-state index is 5.71. The number of hydrogen-bond acceptors (Lipinski definition) is 3. The summed E-state index contributed by atoms with van der Waals surface area (Å²) >= 11 is 0. The second-order valence-corrected chi connectivity index (χ2v) is 7.22. The van der Waals surface area contributed by atoms with Crippen LogP contribution in [-0.4, -0.2) is 38.3 Å². The lowest BCUT2D eigenvalue weighted by Gasteiger charge is -2.36. The van der Waals surface area contributed by atoms with Gasteiger partial charge in [-0.2, -0.15) is 0 Å². The number of methoxy groups -OCH3 is 1. The maximum atomic E-state index is 5.71. The topological polar surface area (TPSA) is 21.7 Å². The minimum Gasteiger partial charge on any atom is -0.491 e. The summed E-state index contributed by atoms with van der Waals surface area (Å²) < 4.78 is 10.7. The van der Waals surface area contributed by atoms with Crippen LogP contribution in [0.25, 0.3) is 0 Å². The van der Waals surface area contributed by atoms with E-state index in [4.69, 9.17) is 9.47 Å². The Morgan fingerprint density at radius 1 is 1.13 bits per heavy atom. The molecule has 2 rings (SSSR count). The third kappa shape index (κ3) is 5.82. The first kappa shape index (κ1) is 18.3. The van der Waals surface area contributed by atoms with Crippen LogP contribution in [0.4, 0.5) is 0 Å². The molecule has 3 heteroatoms. The van der Waals surface area contributed by atoms with Crippen molar-refractivity contribution in [3.63, 3.8) is 0 Å². The molecule has 0 N–H and O–H groups in total. The smallest absolute Gasteiger partial charge is 0.119 e. The van der Waals surface area contributed by atoms with Gasteiger partial charge in [-0.1, -0.05) is 26.0 Å². The molecule has 1 aromatic rings. The Balaban J connectivity index is 1.83. The van der Waals surface area contributed by atoms with E-state index in [1.807, 2.05) is 6.07 Å².